The van der Waals surface area contributed by atoms with E-state index in [9.17, 15) is 13.2 Å². The zero-order valence-corrected chi connectivity index (χ0v) is 14.2. The van der Waals surface area contributed by atoms with E-state index in [1.165, 1.54) is 4.68 Å². The smallest absolute Gasteiger partial charge is 0.389 e. The van der Waals surface area contributed by atoms with Gasteiger partial charge in [-0.15, -0.1) is 0 Å². The van der Waals surface area contributed by atoms with Crippen LogP contribution in [0, 0.1) is 0 Å². The Balaban J connectivity index is 2.15. The maximum absolute atomic E-state index is 13.1. The van der Waals surface area contributed by atoms with Crippen molar-refractivity contribution in [2.45, 2.75) is 6.18 Å². The number of benzene rings is 2. The van der Waals surface area contributed by atoms with Gasteiger partial charge in [-0.1, -0.05) is 36.0 Å². The van der Waals surface area contributed by atoms with Crippen LogP contribution in [0.1, 0.15) is 11.3 Å². The number of thiocarbonyl (C=S) groups is 1. The van der Waals surface area contributed by atoms with Crippen molar-refractivity contribution in [2.75, 3.05) is 0 Å². The van der Waals surface area contributed by atoms with Crippen LogP contribution in [-0.2, 0) is 6.18 Å². The minimum absolute atomic E-state index is 0.209. The number of hydrogen-bond acceptors (Lipinski definition) is 2. The van der Waals surface area contributed by atoms with Crippen LogP contribution in [0.5, 0.6) is 0 Å². The summed E-state index contributed by atoms with van der Waals surface area (Å²) in [6.07, 6.45) is -4.55. The lowest BCUT2D eigenvalue weighted by Crippen LogP contribution is -2.10. The Labute approximate surface area is 151 Å². The molecule has 0 radical (unpaired) electrons. The number of nitrogens with two attached hydrogens (primary N) is 1. The number of rotatable bonds is 3. The topological polar surface area (TPSA) is 43.8 Å². The fourth-order valence-corrected chi connectivity index (χ4v) is 2.57. The van der Waals surface area contributed by atoms with Crippen LogP contribution in [0.3, 0.4) is 0 Å². The van der Waals surface area contributed by atoms with Crippen molar-refractivity contribution in [1.29, 1.82) is 0 Å². The van der Waals surface area contributed by atoms with Crippen molar-refractivity contribution in [3.8, 4) is 16.9 Å². The molecule has 0 unspecified atom stereocenters. The van der Waals surface area contributed by atoms with Gasteiger partial charge in [0, 0.05) is 16.1 Å². The Morgan fingerprint density at radius 3 is 2.16 bits per heavy atom. The SMILES string of the molecule is NC(=S)c1ccc(-n2nc(C(F)(F)F)cc2-c2ccc(Cl)cc2)cc1. The zero-order valence-electron chi connectivity index (χ0n) is 12.6. The Hall–Kier alpha value is -2.38. The highest BCUT2D eigenvalue weighted by atomic mass is 35.5. The molecular formula is C17H11ClF3N3S. The second-order valence-corrected chi connectivity index (χ2v) is 6.12. The van der Waals surface area contributed by atoms with Crippen LogP contribution in [0.4, 0.5) is 13.2 Å². The van der Waals surface area contributed by atoms with E-state index in [-0.39, 0.29) is 4.99 Å². The van der Waals surface area contributed by atoms with Gasteiger partial charge in [0.1, 0.15) is 4.99 Å². The maximum atomic E-state index is 13.1. The van der Waals surface area contributed by atoms with E-state index in [0.29, 0.717) is 27.5 Å². The highest BCUT2D eigenvalue weighted by Crippen LogP contribution is 2.33. The van der Waals surface area contributed by atoms with Gasteiger partial charge < -0.3 is 5.73 Å². The summed E-state index contributed by atoms with van der Waals surface area (Å²) in [7, 11) is 0. The van der Waals surface area contributed by atoms with Crippen LogP contribution in [0.2, 0.25) is 5.02 Å². The number of aromatic nitrogens is 2. The normalized spacial score (nSPS) is 11.5. The molecule has 0 fully saturated rings. The summed E-state index contributed by atoms with van der Waals surface area (Å²) in [6, 6.07) is 14.0. The predicted octanol–water partition coefficient (Wildman–Crippen LogP) is 4.85. The van der Waals surface area contributed by atoms with E-state index in [2.05, 4.69) is 5.10 Å². The van der Waals surface area contributed by atoms with Crippen LogP contribution in [-0.4, -0.2) is 14.8 Å². The fourth-order valence-electron chi connectivity index (χ4n) is 2.31. The van der Waals surface area contributed by atoms with Crippen LogP contribution >= 0.6 is 23.8 Å². The molecule has 0 spiro atoms. The summed E-state index contributed by atoms with van der Waals surface area (Å²) >= 11 is 10.7. The minimum Gasteiger partial charge on any atom is -0.389 e. The van der Waals surface area contributed by atoms with E-state index < -0.39 is 11.9 Å². The van der Waals surface area contributed by atoms with Crippen molar-refractivity contribution >= 4 is 28.8 Å². The summed E-state index contributed by atoms with van der Waals surface area (Å²) < 4.78 is 40.6. The maximum Gasteiger partial charge on any atom is 0.435 e. The van der Waals surface area contributed by atoms with E-state index in [1.807, 2.05) is 0 Å². The van der Waals surface area contributed by atoms with Crippen molar-refractivity contribution in [3.05, 3.63) is 70.9 Å². The predicted molar refractivity (Wildman–Crippen MR) is 94.9 cm³/mol. The molecule has 0 aliphatic rings. The van der Waals surface area contributed by atoms with Crippen LogP contribution in [0.15, 0.2) is 54.6 Å². The van der Waals surface area contributed by atoms with E-state index in [0.717, 1.165) is 6.07 Å². The Morgan fingerprint density at radius 1 is 1.04 bits per heavy atom. The van der Waals surface area contributed by atoms with E-state index in [1.54, 1.807) is 48.5 Å². The van der Waals surface area contributed by atoms with Gasteiger partial charge in [-0.3, -0.25) is 0 Å². The lowest BCUT2D eigenvalue weighted by molar-refractivity contribution is -0.141. The first kappa shape index (κ1) is 17.4. The third-order valence-corrected chi connectivity index (χ3v) is 4.02. The van der Waals surface area contributed by atoms with Gasteiger partial charge in [-0.05, 0) is 42.5 Å². The molecule has 1 heterocycles. The van der Waals surface area contributed by atoms with Gasteiger partial charge in [-0.25, -0.2) is 4.68 Å². The third kappa shape index (κ3) is 3.67. The van der Waals surface area contributed by atoms with Crippen molar-refractivity contribution in [1.82, 2.24) is 9.78 Å². The molecule has 0 atom stereocenters. The Kier molecular flexibility index (Phi) is 4.53. The Morgan fingerprint density at radius 2 is 1.64 bits per heavy atom. The summed E-state index contributed by atoms with van der Waals surface area (Å²) in [4.78, 5) is 0.209. The third-order valence-electron chi connectivity index (χ3n) is 3.54. The lowest BCUT2D eigenvalue weighted by Gasteiger charge is -2.09. The molecular weight excluding hydrogens is 371 g/mol. The second-order valence-electron chi connectivity index (χ2n) is 5.24. The molecule has 0 saturated carbocycles. The molecule has 0 amide bonds. The number of hydrogen-bond donors (Lipinski definition) is 1. The average molecular weight is 382 g/mol. The molecule has 8 heteroatoms. The van der Waals surface area contributed by atoms with Crippen molar-refractivity contribution in [3.63, 3.8) is 0 Å². The zero-order chi connectivity index (χ0) is 18.2. The summed E-state index contributed by atoms with van der Waals surface area (Å²) in [6.45, 7) is 0. The highest BCUT2D eigenvalue weighted by molar-refractivity contribution is 7.80. The average Bonchev–Trinajstić information content (AvgIpc) is 3.01. The molecule has 2 aromatic carbocycles. The molecule has 3 nitrogen and oxygen atoms in total. The number of alkyl halides is 3. The molecule has 2 N–H and O–H groups in total. The monoisotopic (exact) mass is 381 g/mol. The number of nitrogens with zero attached hydrogens (tertiary/aromatic N) is 2. The lowest BCUT2D eigenvalue weighted by atomic mass is 10.1. The van der Waals surface area contributed by atoms with Gasteiger partial charge in [0.2, 0.25) is 0 Å². The highest BCUT2D eigenvalue weighted by Gasteiger charge is 2.35. The molecule has 1 aromatic heterocycles. The van der Waals surface area contributed by atoms with E-state index >= 15 is 0 Å². The van der Waals surface area contributed by atoms with Crippen LogP contribution < -0.4 is 5.73 Å². The first-order valence-corrected chi connectivity index (χ1v) is 7.88. The second kappa shape index (κ2) is 6.50. The van der Waals surface area contributed by atoms with E-state index in [4.69, 9.17) is 29.6 Å². The molecule has 0 aliphatic heterocycles. The first-order valence-electron chi connectivity index (χ1n) is 7.09. The number of halogens is 4. The van der Waals surface area contributed by atoms with Gasteiger partial charge in [0.15, 0.2) is 5.69 Å². The fraction of sp³-hybridized carbons (Fsp3) is 0.0588. The van der Waals surface area contributed by atoms with Gasteiger partial charge >= 0.3 is 6.18 Å². The van der Waals surface area contributed by atoms with Crippen molar-refractivity contribution < 1.29 is 13.2 Å². The largest absolute Gasteiger partial charge is 0.435 e. The summed E-state index contributed by atoms with van der Waals surface area (Å²) in [5.74, 6) is 0. The molecule has 128 valence electrons. The molecule has 25 heavy (non-hydrogen) atoms. The minimum atomic E-state index is -4.55. The summed E-state index contributed by atoms with van der Waals surface area (Å²) in [5, 5.41) is 4.21. The van der Waals surface area contributed by atoms with Crippen LogP contribution in [0.25, 0.3) is 16.9 Å². The van der Waals surface area contributed by atoms with Gasteiger partial charge in [-0.2, -0.15) is 18.3 Å². The Bertz CT molecular complexity index is 916. The van der Waals surface area contributed by atoms with Crippen molar-refractivity contribution in [2.24, 2.45) is 5.73 Å². The molecule has 3 rings (SSSR count). The molecule has 3 aromatic rings. The standard InChI is InChI=1S/C17H11ClF3N3S/c18-12-5-1-10(2-6-12)14-9-15(17(19,20)21)23-24(14)13-7-3-11(4-8-13)16(22)25/h1-9H,(H2,22,25). The molecule has 0 bridgehead atoms. The molecule has 0 aliphatic carbocycles. The molecule has 0 saturated heterocycles. The summed E-state index contributed by atoms with van der Waals surface area (Å²) in [5.41, 5.74) is 6.51. The first-order chi connectivity index (χ1) is 11.8. The quantitative estimate of drug-likeness (QED) is 0.660. The van der Waals surface area contributed by atoms with Gasteiger partial charge in [0.05, 0.1) is 11.4 Å². The van der Waals surface area contributed by atoms with Gasteiger partial charge in [0.25, 0.3) is 0 Å².